The van der Waals surface area contributed by atoms with Gasteiger partial charge in [-0.05, 0) is 49.9 Å². The highest BCUT2D eigenvalue weighted by molar-refractivity contribution is 7.90. The molecule has 1 saturated carbocycles. The number of carbonyl (C=O) groups excluding carboxylic acids is 2. The molecule has 3 aromatic rings. The van der Waals surface area contributed by atoms with Gasteiger partial charge >= 0.3 is 0 Å². The molecule has 0 radical (unpaired) electrons. The first-order valence-electron chi connectivity index (χ1n) is 12.4. The number of hydrogen-bond acceptors (Lipinski definition) is 8. The van der Waals surface area contributed by atoms with Gasteiger partial charge in [0.1, 0.15) is 5.82 Å². The fourth-order valence-electron chi connectivity index (χ4n) is 4.59. The number of rotatable bonds is 9. The molecule has 10 heteroatoms. The van der Waals surface area contributed by atoms with Crippen molar-refractivity contribution in [2.24, 2.45) is 0 Å². The molecule has 0 aliphatic heterocycles. The van der Waals surface area contributed by atoms with Gasteiger partial charge in [-0.3, -0.25) is 9.59 Å². The van der Waals surface area contributed by atoms with Crippen LogP contribution < -0.4 is 15.5 Å². The monoisotopic (exact) mass is 523 g/mol. The van der Waals surface area contributed by atoms with E-state index < -0.39 is 9.84 Å². The maximum atomic E-state index is 12.4. The predicted molar refractivity (Wildman–Crippen MR) is 145 cm³/mol. The minimum Gasteiger partial charge on any atom is -0.362 e. The Hall–Kier alpha value is -3.53. The van der Waals surface area contributed by atoms with Crippen molar-refractivity contribution >= 4 is 44.2 Å². The zero-order valence-corrected chi connectivity index (χ0v) is 22.2. The summed E-state index contributed by atoms with van der Waals surface area (Å²) < 4.78 is 23.1. The van der Waals surface area contributed by atoms with Crippen LogP contribution in [0.3, 0.4) is 0 Å². The van der Waals surface area contributed by atoms with Crippen molar-refractivity contribution < 1.29 is 18.0 Å². The van der Waals surface area contributed by atoms with E-state index in [1.807, 2.05) is 43.3 Å². The van der Waals surface area contributed by atoms with Gasteiger partial charge in [-0.15, -0.1) is 0 Å². The summed E-state index contributed by atoms with van der Waals surface area (Å²) >= 11 is 0. The maximum Gasteiger partial charge on any atom is 0.225 e. The standard InChI is InChI=1S/C27H33N5O4S/c1-32(2)26-22-6-4-5-7-23(22)30-27(31-26)29-20-12-10-19(11-13-20)28-25(34)17-16-24(33)18-8-14-21(15-9-18)37(3,35)36/h4-9,14-15,19-20H,10-13,16-17H2,1-3H3,(H,28,34)(H,29,30,31)/t19-,20+. The normalized spacial score (nSPS) is 17.8. The Morgan fingerprint density at radius 1 is 0.919 bits per heavy atom. The molecule has 2 N–H and O–H groups in total. The number of aromatic nitrogens is 2. The highest BCUT2D eigenvalue weighted by atomic mass is 32.2. The minimum atomic E-state index is -3.31. The first-order chi connectivity index (χ1) is 17.6. The van der Waals surface area contributed by atoms with Crippen LogP contribution in [-0.4, -0.2) is 62.5 Å². The van der Waals surface area contributed by atoms with Crippen molar-refractivity contribution in [2.45, 2.75) is 55.5 Å². The van der Waals surface area contributed by atoms with Gasteiger partial charge in [0, 0.05) is 56.2 Å². The van der Waals surface area contributed by atoms with Crippen LogP contribution in [0.2, 0.25) is 0 Å². The first kappa shape index (κ1) is 26.5. The average Bonchev–Trinajstić information content (AvgIpc) is 2.87. The topological polar surface area (TPSA) is 121 Å². The van der Waals surface area contributed by atoms with Gasteiger partial charge in [-0.2, -0.15) is 4.98 Å². The Balaban J connectivity index is 1.24. The number of amides is 1. The molecule has 0 atom stereocenters. The van der Waals surface area contributed by atoms with Crippen molar-refractivity contribution in [3.8, 4) is 0 Å². The highest BCUT2D eigenvalue weighted by Crippen LogP contribution is 2.26. The number of fused-ring (bicyclic) bond motifs is 1. The Morgan fingerprint density at radius 3 is 2.22 bits per heavy atom. The summed E-state index contributed by atoms with van der Waals surface area (Å²) in [5, 5.41) is 7.53. The quantitative estimate of drug-likeness (QED) is 0.408. The van der Waals surface area contributed by atoms with E-state index in [1.54, 1.807) is 0 Å². The fourth-order valence-corrected chi connectivity index (χ4v) is 5.22. The fraction of sp³-hybridized carbons (Fsp3) is 0.407. The third kappa shape index (κ3) is 6.82. The second kappa shape index (κ2) is 11.2. The lowest BCUT2D eigenvalue weighted by molar-refractivity contribution is -0.122. The zero-order valence-electron chi connectivity index (χ0n) is 21.4. The smallest absolute Gasteiger partial charge is 0.225 e. The molecule has 1 aliphatic carbocycles. The molecule has 4 rings (SSSR count). The third-order valence-electron chi connectivity index (χ3n) is 6.62. The Kier molecular flexibility index (Phi) is 8.06. The predicted octanol–water partition coefficient (Wildman–Crippen LogP) is 3.60. The summed E-state index contributed by atoms with van der Waals surface area (Å²) in [6, 6.07) is 14.1. The molecule has 0 saturated heterocycles. The van der Waals surface area contributed by atoms with Crippen LogP contribution >= 0.6 is 0 Å². The van der Waals surface area contributed by atoms with E-state index in [0.29, 0.717) is 11.5 Å². The Bertz CT molecular complexity index is 1380. The molecule has 0 bridgehead atoms. The first-order valence-corrected chi connectivity index (χ1v) is 14.3. The van der Waals surface area contributed by atoms with E-state index >= 15 is 0 Å². The molecule has 1 heterocycles. The molecule has 2 aromatic carbocycles. The van der Waals surface area contributed by atoms with Crippen LogP contribution in [0.15, 0.2) is 53.4 Å². The number of para-hydroxylation sites is 1. The lowest BCUT2D eigenvalue weighted by Crippen LogP contribution is -2.40. The van der Waals surface area contributed by atoms with Crippen LogP contribution in [0, 0.1) is 0 Å². The van der Waals surface area contributed by atoms with E-state index in [2.05, 4.69) is 15.6 Å². The van der Waals surface area contributed by atoms with Crippen LogP contribution in [0.5, 0.6) is 0 Å². The summed E-state index contributed by atoms with van der Waals surface area (Å²) in [4.78, 5) is 36.4. The number of ketones is 1. The summed E-state index contributed by atoms with van der Waals surface area (Å²) in [6.45, 7) is 0. The van der Waals surface area contributed by atoms with Gasteiger partial charge in [0.25, 0.3) is 0 Å². The molecule has 1 aliphatic rings. The summed E-state index contributed by atoms with van der Waals surface area (Å²) in [6.07, 6.45) is 4.72. The SMILES string of the molecule is CN(C)c1nc(N[C@H]2CC[C@@H](NC(=O)CCC(=O)c3ccc(S(C)(=O)=O)cc3)CC2)nc2ccccc12. The number of carbonyl (C=O) groups is 2. The lowest BCUT2D eigenvalue weighted by Gasteiger charge is -2.30. The van der Waals surface area contributed by atoms with Crippen LogP contribution in [0.1, 0.15) is 48.9 Å². The number of nitrogens with one attached hydrogen (secondary N) is 2. The second-order valence-corrected chi connectivity index (χ2v) is 11.8. The van der Waals surface area contributed by atoms with Gasteiger partial charge in [-0.1, -0.05) is 24.3 Å². The number of sulfone groups is 1. The van der Waals surface area contributed by atoms with Crippen molar-refractivity contribution in [1.29, 1.82) is 0 Å². The summed E-state index contributed by atoms with van der Waals surface area (Å²) in [7, 11) is 0.621. The van der Waals surface area contributed by atoms with Crippen molar-refractivity contribution in [1.82, 2.24) is 15.3 Å². The lowest BCUT2D eigenvalue weighted by atomic mass is 9.91. The molecule has 9 nitrogen and oxygen atoms in total. The van der Waals surface area contributed by atoms with Crippen LogP contribution in [0.25, 0.3) is 10.9 Å². The minimum absolute atomic E-state index is 0.0737. The summed E-state index contributed by atoms with van der Waals surface area (Å²) in [5.74, 6) is 1.15. The van der Waals surface area contributed by atoms with Gasteiger partial charge in [0.2, 0.25) is 11.9 Å². The molecule has 1 amide bonds. The van der Waals surface area contributed by atoms with E-state index in [4.69, 9.17) is 4.98 Å². The molecular weight excluding hydrogens is 490 g/mol. The zero-order chi connectivity index (χ0) is 26.6. The molecule has 0 unspecified atom stereocenters. The summed E-state index contributed by atoms with van der Waals surface area (Å²) in [5.41, 5.74) is 1.30. The second-order valence-electron chi connectivity index (χ2n) is 9.76. The average molecular weight is 524 g/mol. The molecule has 196 valence electrons. The van der Waals surface area contributed by atoms with Crippen LogP contribution in [0.4, 0.5) is 11.8 Å². The number of benzene rings is 2. The van der Waals surface area contributed by atoms with Gasteiger partial charge < -0.3 is 15.5 Å². The Labute approximate surface area is 217 Å². The Morgan fingerprint density at radius 2 is 1.57 bits per heavy atom. The van der Waals surface area contributed by atoms with Gasteiger partial charge in [0.15, 0.2) is 15.6 Å². The van der Waals surface area contributed by atoms with Gasteiger partial charge in [-0.25, -0.2) is 13.4 Å². The number of Topliss-reactive ketones (excluding diaryl/α,β-unsaturated/α-hetero) is 1. The van der Waals surface area contributed by atoms with Gasteiger partial charge in [0.05, 0.1) is 10.4 Å². The van der Waals surface area contributed by atoms with E-state index in [-0.39, 0.29) is 41.5 Å². The third-order valence-corrected chi connectivity index (χ3v) is 7.74. The van der Waals surface area contributed by atoms with Crippen molar-refractivity contribution in [3.05, 3.63) is 54.1 Å². The van der Waals surface area contributed by atoms with Crippen LogP contribution in [-0.2, 0) is 14.6 Å². The molecule has 1 fully saturated rings. The maximum absolute atomic E-state index is 12.4. The molecule has 37 heavy (non-hydrogen) atoms. The molecule has 0 spiro atoms. The van der Waals surface area contributed by atoms with E-state index in [1.165, 1.54) is 24.3 Å². The largest absolute Gasteiger partial charge is 0.362 e. The molecular formula is C27H33N5O4S. The van der Waals surface area contributed by atoms with E-state index in [0.717, 1.165) is 48.7 Å². The number of nitrogens with zero attached hydrogens (tertiary/aromatic N) is 3. The van der Waals surface area contributed by atoms with E-state index in [9.17, 15) is 18.0 Å². The number of anilines is 2. The van der Waals surface area contributed by atoms with Crippen molar-refractivity contribution in [2.75, 3.05) is 30.6 Å². The van der Waals surface area contributed by atoms with Crippen molar-refractivity contribution in [3.63, 3.8) is 0 Å². The number of hydrogen-bond donors (Lipinski definition) is 2. The molecule has 1 aromatic heterocycles. The highest BCUT2D eigenvalue weighted by Gasteiger charge is 2.24.